The third-order valence-electron chi connectivity index (χ3n) is 3.48. The molecule has 3 rings (SSSR count). The third kappa shape index (κ3) is 4.02. The van der Waals surface area contributed by atoms with E-state index in [2.05, 4.69) is 10.3 Å². The van der Waals surface area contributed by atoms with Crippen molar-refractivity contribution in [2.24, 2.45) is 4.99 Å². The summed E-state index contributed by atoms with van der Waals surface area (Å²) in [4.78, 5) is 27.3. The van der Waals surface area contributed by atoms with Gasteiger partial charge >= 0.3 is 5.97 Å². The predicted octanol–water partition coefficient (Wildman–Crippen LogP) is 2.64. The molecule has 0 saturated heterocycles. The molecule has 1 aliphatic heterocycles. The number of hydrogen-bond acceptors (Lipinski definition) is 6. The van der Waals surface area contributed by atoms with Crippen LogP contribution in [0.1, 0.15) is 15.9 Å². The molecular weight excluding hydrogens is 354 g/mol. The van der Waals surface area contributed by atoms with Crippen LogP contribution in [0.3, 0.4) is 0 Å². The van der Waals surface area contributed by atoms with Gasteiger partial charge in [0.1, 0.15) is 22.8 Å². The fourth-order valence-electron chi connectivity index (χ4n) is 2.22. The van der Waals surface area contributed by atoms with Crippen molar-refractivity contribution in [3.8, 4) is 17.6 Å². The quantitative estimate of drug-likeness (QED) is 0.859. The number of nitrogens with one attached hydrogen (secondary N) is 1. The fourth-order valence-corrected chi connectivity index (χ4v) is 3.04. The van der Waals surface area contributed by atoms with E-state index in [9.17, 15) is 9.59 Å². The summed E-state index contributed by atoms with van der Waals surface area (Å²) in [6.07, 6.45) is 0. The lowest BCUT2D eigenvalue weighted by molar-refractivity contribution is -0.136. The number of hydrogen-bond donors (Lipinski definition) is 2. The number of nitriles is 1. The minimum absolute atomic E-state index is 0.129. The topological polar surface area (TPSA) is 112 Å². The van der Waals surface area contributed by atoms with Crippen LogP contribution >= 0.6 is 11.8 Å². The largest absolute Gasteiger partial charge is 0.480 e. The molecule has 1 amide bonds. The van der Waals surface area contributed by atoms with E-state index < -0.39 is 17.1 Å². The number of amidine groups is 1. The lowest BCUT2D eigenvalue weighted by atomic mass is 10.2. The number of amides is 1. The Bertz CT molecular complexity index is 936. The molecule has 2 N–H and O–H groups in total. The van der Waals surface area contributed by atoms with Crippen LogP contribution in [-0.4, -0.2) is 33.9 Å². The summed E-state index contributed by atoms with van der Waals surface area (Å²) >= 11 is 1.00. The number of carboxylic acids is 1. The number of aliphatic carboxylic acids is 1. The Hall–Kier alpha value is -3.31. The van der Waals surface area contributed by atoms with Crippen molar-refractivity contribution in [1.29, 1.82) is 5.26 Å². The summed E-state index contributed by atoms with van der Waals surface area (Å²) < 4.78 is 5.69. The number of carboxylic acid groups (broad SMARTS) is 1. The van der Waals surface area contributed by atoms with E-state index in [4.69, 9.17) is 15.1 Å². The van der Waals surface area contributed by atoms with Crippen LogP contribution in [0.5, 0.6) is 11.5 Å². The molecule has 0 spiro atoms. The second kappa shape index (κ2) is 7.72. The Morgan fingerprint density at radius 3 is 2.81 bits per heavy atom. The molecule has 1 unspecified atom stereocenters. The summed E-state index contributed by atoms with van der Waals surface area (Å²) in [5.41, 5.74) is 0.720. The van der Waals surface area contributed by atoms with E-state index in [-0.39, 0.29) is 11.7 Å². The molecule has 1 aliphatic rings. The van der Waals surface area contributed by atoms with E-state index >= 15 is 0 Å². The highest BCUT2D eigenvalue weighted by Gasteiger charge is 2.27. The van der Waals surface area contributed by atoms with Gasteiger partial charge in [-0.25, -0.2) is 0 Å². The average Bonchev–Trinajstić information content (AvgIpc) is 3.11. The second-order valence-electron chi connectivity index (χ2n) is 5.28. The number of rotatable bonds is 4. The normalized spacial score (nSPS) is 15.7. The molecule has 26 heavy (non-hydrogen) atoms. The monoisotopic (exact) mass is 367 g/mol. The fraction of sp³-hybridized carbons (Fsp3) is 0.111. The maximum atomic E-state index is 12.3. The van der Waals surface area contributed by atoms with Gasteiger partial charge in [-0.15, -0.1) is 0 Å². The molecule has 7 nitrogen and oxygen atoms in total. The van der Waals surface area contributed by atoms with E-state index in [0.29, 0.717) is 22.6 Å². The van der Waals surface area contributed by atoms with Gasteiger partial charge in [0.05, 0.1) is 12.1 Å². The van der Waals surface area contributed by atoms with Crippen LogP contribution in [0.25, 0.3) is 0 Å². The number of para-hydroxylation sites is 1. The van der Waals surface area contributed by atoms with Gasteiger partial charge < -0.3 is 15.2 Å². The molecule has 0 aromatic heterocycles. The average molecular weight is 367 g/mol. The molecule has 0 radical (unpaired) electrons. The Balaban J connectivity index is 1.70. The van der Waals surface area contributed by atoms with Gasteiger partial charge in [-0.3, -0.25) is 14.6 Å². The summed E-state index contributed by atoms with van der Waals surface area (Å²) in [5, 5.41) is 20.3. The zero-order valence-electron chi connectivity index (χ0n) is 13.4. The lowest BCUT2D eigenvalue weighted by Crippen LogP contribution is -2.28. The maximum absolute atomic E-state index is 12.3. The standard InChI is InChI=1S/C18H13N3O4S/c19-9-12-4-1-2-7-14(12)25-13-6-3-5-11(8-13)16(22)21-18-20-10-15(26-18)17(23)24/h1-8,15H,10H2,(H,23,24)(H,20,21,22). The minimum atomic E-state index is -0.963. The van der Waals surface area contributed by atoms with Gasteiger partial charge in [0.15, 0.2) is 5.17 Å². The van der Waals surface area contributed by atoms with Crippen molar-refractivity contribution in [2.45, 2.75) is 5.25 Å². The number of aliphatic imine (C=N–C) groups is 1. The Morgan fingerprint density at radius 2 is 2.08 bits per heavy atom. The molecule has 2 aromatic rings. The van der Waals surface area contributed by atoms with Crippen LogP contribution in [0.2, 0.25) is 0 Å². The number of thioether (sulfide) groups is 1. The SMILES string of the molecule is N#Cc1ccccc1Oc1cccc(C(=O)NC2=NCC(C(=O)O)S2)c1. The molecule has 0 bridgehead atoms. The van der Waals surface area contributed by atoms with Crippen LogP contribution in [-0.2, 0) is 4.79 Å². The smallest absolute Gasteiger partial charge is 0.319 e. The van der Waals surface area contributed by atoms with Gasteiger partial charge in [-0.2, -0.15) is 5.26 Å². The van der Waals surface area contributed by atoms with Gasteiger partial charge in [-0.1, -0.05) is 30.0 Å². The van der Waals surface area contributed by atoms with Crippen molar-refractivity contribution < 1.29 is 19.4 Å². The highest BCUT2D eigenvalue weighted by atomic mass is 32.2. The zero-order chi connectivity index (χ0) is 18.5. The maximum Gasteiger partial charge on any atom is 0.319 e. The first-order valence-corrected chi connectivity index (χ1v) is 8.47. The predicted molar refractivity (Wildman–Crippen MR) is 96.5 cm³/mol. The second-order valence-corrected chi connectivity index (χ2v) is 6.47. The molecule has 1 heterocycles. The number of benzene rings is 2. The third-order valence-corrected chi connectivity index (χ3v) is 4.57. The van der Waals surface area contributed by atoms with Crippen molar-refractivity contribution >= 4 is 28.8 Å². The number of carbonyl (C=O) groups excluding carboxylic acids is 1. The van der Waals surface area contributed by atoms with Crippen LogP contribution in [0, 0.1) is 11.3 Å². The van der Waals surface area contributed by atoms with Crippen molar-refractivity contribution in [3.05, 3.63) is 59.7 Å². The lowest BCUT2D eigenvalue weighted by Gasteiger charge is -2.09. The molecule has 0 aliphatic carbocycles. The van der Waals surface area contributed by atoms with Gasteiger partial charge in [0.2, 0.25) is 0 Å². The number of ether oxygens (including phenoxy) is 1. The van der Waals surface area contributed by atoms with E-state index in [1.54, 1.807) is 48.5 Å². The molecule has 0 fully saturated rings. The summed E-state index contributed by atoms with van der Waals surface area (Å²) in [6.45, 7) is 0.129. The molecule has 1 atom stereocenters. The van der Waals surface area contributed by atoms with E-state index in [1.807, 2.05) is 6.07 Å². The number of nitrogens with zero attached hydrogens (tertiary/aromatic N) is 2. The molecule has 130 valence electrons. The first-order valence-electron chi connectivity index (χ1n) is 7.59. The first kappa shape index (κ1) is 17.5. The van der Waals surface area contributed by atoms with Crippen molar-refractivity contribution in [2.75, 3.05) is 6.54 Å². The van der Waals surface area contributed by atoms with Crippen LogP contribution in [0.15, 0.2) is 53.5 Å². The summed E-state index contributed by atoms with van der Waals surface area (Å²) in [7, 11) is 0. The zero-order valence-corrected chi connectivity index (χ0v) is 14.2. The Labute approximate surface area is 153 Å². The summed E-state index contributed by atoms with van der Waals surface area (Å²) in [6, 6.07) is 15.3. The molecule has 8 heteroatoms. The minimum Gasteiger partial charge on any atom is -0.480 e. The highest BCUT2D eigenvalue weighted by Crippen LogP contribution is 2.26. The Morgan fingerprint density at radius 1 is 1.27 bits per heavy atom. The molecular formula is C18H13N3O4S. The highest BCUT2D eigenvalue weighted by molar-refractivity contribution is 8.15. The molecule has 0 saturated carbocycles. The van der Waals surface area contributed by atoms with Crippen LogP contribution < -0.4 is 10.1 Å². The van der Waals surface area contributed by atoms with E-state index in [0.717, 1.165) is 11.8 Å². The van der Waals surface area contributed by atoms with Gasteiger partial charge in [0.25, 0.3) is 5.91 Å². The van der Waals surface area contributed by atoms with E-state index in [1.165, 1.54) is 0 Å². The van der Waals surface area contributed by atoms with Crippen LogP contribution in [0.4, 0.5) is 0 Å². The first-order chi connectivity index (χ1) is 12.6. The van der Waals surface area contributed by atoms with Gasteiger partial charge in [-0.05, 0) is 30.3 Å². The Kier molecular flexibility index (Phi) is 5.20. The van der Waals surface area contributed by atoms with Crippen molar-refractivity contribution in [1.82, 2.24) is 5.32 Å². The summed E-state index contributed by atoms with van der Waals surface area (Å²) in [5.74, 6) is -0.576. The molecule has 2 aromatic carbocycles. The van der Waals surface area contributed by atoms with Gasteiger partial charge in [0, 0.05) is 5.56 Å². The number of carbonyl (C=O) groups is 2. The van der Waals surface area contributed by atoms with Crippen molar-refractivity contribution in [3.63, 3.8) is 0 Å².